The zero-order valence-electron chi connectivity index (χ0n) is 15.2. The van der Waals surface area contributed by atoms with Gasteiger partial charge in [0.2, 0.25) is 0 Å². The predicted octanol–water partition coefficient (Wildman–Crippen LogP) is 6.19. The molecule has 0 radical (unpaired) electrons. The summed E-state index contributed by atoms with van der Waals surface area (Å²) in [4.78, 5) is 12.2. The normalized spacial score (nSPS) is 10.6. The Balaban J connectivity index is 1.53. The number of anilines is 1. The van der Waals surface area contributed by atoms with Crippen molar-refractivity contribution in [2.24, 2.45) is 5.10 Å². The second-order valence-electron chi connectivity index (χ2n) is 5.92. The van der Waals surface area contributed by atoms with Crippen LogP contribution in [0.4, 0.5) is 5.69 Å². The van der Waals surface area contributed by atoms with Crippen molar-refractivity contribution in [1.29, 1.82) is 0 Å². The minimum Gasteiger partial charge on any atom is -0.423 e. The summed E-state index contributed by atoms with van der Waals surface area (Å²) >= 11 is 23.0. The lowest BCUT2D eigenvalue weighted by Crippen LogP contribution is -2.23. The van der Waals surface area contributed by atoms with E-state index < -0.39 is 5.97 Å². The molecule has 0 spiro atoms. The van der Waals surface area contributed by atoms with Crippen molar-refractivity contribution >= 4 is 70.0 Å². The van der Waals surface area contributed by atoms with E-state index in [1.54, 1.807) is 48.7 Å². The molecule has 2 N–H and O–H groups in total. The first kappa shape index (κ1) is 22.1. The van der Waals surface area contributed by atoms with Crippen LogP contribution in [0.25, 0.3) is 0 Å². The average Bonchev–Trinajstić information content (AvgIpc) is 2.69. The summed E-state index contributed by atoms with van der Waals surface area (Å²) in [6, 6.07) is 18.5. The summed E-state index contributed by atoms with van der Waals surface area (Å²) in [5.74, 6) is -0.202. The van der Waals surface area contributed by atoms with Gasteiger partial charge in [0.05, 0.1) is 16.8 Å². The third-order valence-electron chi connectivity index (χ3n) is 3.70. The topological polar surface area (TPSA) is 62.7 Å². The van der Waals surface area contributed by atoms with Gasteiger partial charge in [0, 0.05) is 15.7 Å². The van der Waals surface area contributed by atoms with Crippen molar-refractivity contribution in [3.8, 4) is 5.75 Å². The number of hydrogen-bond acceptors (Lipinski definition) is 4. The van der Waals surface area contributed by atoms with Crippen LogP contribution in [-0.4, -0.2) is 17.3 Å². The third kappa shape index (κ3) is 6.43. The van der Waals surface area contributed by atoms with Crippen LogP contribution < -0.4 is 15.5 Å². The van der Waals surface area contributed by atoms with Crippen molar-refractivity contribution in [2.45, 2.75) is 0 Å². The number of esters is 1. The van der Waals surface area contributed by atoms with Gasteiger partial charge in [-0.2, -0.15) is 5.10 Å². The first-order valence-electron chi connectivity index (χ1n) is 8.53. The average molecular weight is 479 g/mol. The molecule has 3 aromatic carbocycles. The molecule has 0 atom stereocenters. The van der Waals surface area contributed by atoms with Gasteiger partial charge in [-0.3, -0.25) is 5.43 Å². The maximum atomic E-state index is 12.2. The van der Waals surface area contributed by atoms with Crippen molar-refractivity contribution < 1.29 is 9.53 Å². The van der Waals surface area contributed by atoms with E-state index in [0.717, 1.165) is 11.3 Å². The number of benzene rings is 3. The second kappa shape index (κ2) is 10.4. The predicted molar refractivity (Wildman–Crippen MR) is 126 cm³/mol. The highest BCUT2D eigenvalue weighted by molar-refractivity contribution is 7.80. The summed E-state index contributed by atoms with van der Waals surface area (Å²) in [6.45, 7) is 0. The number of thiocarbonyl (C=S) groups is 1. The van der Waals surface area contributed by atoms with E-state index in [1.807, 2.05) is 12.1 Å². The molecule has 152 valence electrons. The lowest BCUT2D eigenvalue weighted by atomic mass is 10.2. The quantitative estimate of drug-likeness (QED) is 0.151. The van der Waals surface area contributed by atoms with E-state index in [1.165, 1.54) is 12.1 Å². The van der Waals surface area contributed by atoms with Crippen LogP contribution >= 0.6 is 47.0 Å². The summed E-state index contributed by atoms with van der Waals surface area (Å²) in [5, 5.41) is 8.63. The van der Waals surface area contributed by atoms with Gasteiger partial charge in [-0.15, -0.1) is 0 Å². The Labute approximate surface area is 193 Å². The molecule has 5 nitrogen and oxygen atoms in total. The summed E-state index contributed by atoms with van der Waals surface area (Å²) < 4.78 is 5.33. The Morgan fingerprint density at radius 3 is 2.40 bits per heavy atom. The molecule has 0 saturated heterocycles. The fraction of sp³-hybridized carbons (Fsp3) is 0. The molecule has 0 aliphatic heterocycles. The highest BCUT2D eigenvalue weighted by Crippen LogP contribution is 2.23. The minimum absolute atomic E-state index is 0.227. The van der Waals surface area contributed by atoms with Crippen molar-refractivity contribution in [2.75, 3.05) is 5.32 Å². The number of carbonyl (C=O) groups is 1. The zero-order chi connectivity index (χ0) is 21.5. The first-order valence-corrected chi connectivity index (χ1v) is 10.1. The molecule has 3 aromatic rings. The molecule has 3 rings (SSSR count). The molecule has 0 amide bonds. The molecule has 30 heavy (non-hydrogen) atoms. The fourth-order valence-corrected chi connectivity index (χ4v) is 3.18. The van der Waals surface area contributed by atoms with Crippen molar-refractivity contribution in [3.05, 3.63) is 92.9 Å². The minimum atomic E-state index is -0.572. The first-order chi connectivity index (χ1) is 14.4. The van der Waals surface area contributed by atoms with Crippen LogP contribution in [0.15, 0.2) is 71.8 Å². The number of carbonyl (C=O) groups excluding carboxylic acids is 1. The maximum Gasteiger partial charge on any atom is 0.345 e. The van der Waals surface area contributed by atoms with E-state index in [9.17, 15) is 4.79 Å². The molecular formula is C21H14Cl3N3O2S. The smallest absolute Gasteiger partial charge is 0.345 e. The number of halogens is 3. The van der Waals surface area contributed by atoms with Crippen LogP contribution in [0.3, 0.4) is 0 Å². The lowest BCUT2D eigenvalue weighted by Gasteiger charge is -2.07. The molecule has 0 unspecified atom stereocenters. The third-order valence-corrected chi connectivity index (χ3v) is 4.68. The molecule has 0 aliphatic rings. The van der Waals surface area contributed by atoms with Crippen LogP contribution in [0, 0.1) is 0 Å². The SMILES string of the molecule is O=C(Oc1ccc(C=NNC(=S)Nc2cccc(Cl)c2)cc1)c1ccc(Cl)cc1Cl. The number of hydrazone groups is 1. The van der Waals surface area contributed by atoms with Crippen LogP contribution in [0.5, 0.6) is 5.75 Å². The Hall–Kier alpha value is -2.64. The Kier molecular flexibility index (Phi) is 7.65. The monoisotopic (exact) mass is 477 g/mol. The Bertz CT molecular complexity index is 1100. The maximum absolute atomic E-state index is 12.2. The van der Waals surface area contributed by atoms with Gasteiger partial charge in [-0.05, 0) is 78.4 Å². The van der Waals surface area contributed by atoms with Gasteiger partial charge in [0.15, 0.2) is 5.11 Å². The Morgan fingerprint density at radius 1 is 0.967 bits per heavy atom. The zero-order valence-corrected chi connectivity index (χ0v) is 18.3. The Morgan fingerprint density at radius 2 is 1.70 bits per heavy atom. The summed E-state index contributed by atoms with van der Waals surface area (Å²) in [5.41, 5.74) is 4.47. The molecule has 9 heteroatoms. The van der Waals surface area contributed by atoms with Crippen LogP contribution in [0.2, 0.25) is 15.1 Å². The van der Waals surface area contributed by atoms with Crippen molar-refractivity contribution in [3.63, 3.8) is 0 Å². The van der Waals surface area contributed by atoms with Gasteiger partial charge in [0.25, 0.3) is 0 Å². The molecule has 0 heterocycles. The molecule has 0 fully saturated rings. The lowest BCUT2D eigenvalue weighted by molar-refractivity contribution is 0.0735. The number of rotatable bonds is 5. The summed E-state index contributed by atoms with van der Waals surface area (Å²) in [7, 11) is 0. The number of hydrogen-bond donors (Lipinski definition) is 2. The van der Waals surface area contributed by atoms with Gasteiger partial charge in [-0.1, -0.05) is 40.9 Å². The van der Waals surface area contributed by atoms with E-state index in [0.29, 0.717) is 20.9 Å². The van der Waals surface area contributed by atoms with E-state index in [4.69, 9.17) is 51.8 Å². The largest absolute Gasteiger partial charge is 0.423 e. The molecule has 0 bridgehead atoms. The van der Waals surface area contributed by atoms with Gasteiger partial charge < -0.3 is 10.1 Å². The molecule has 0 aliphatic carbocycles. The van der Waals surface area contributed by atoms with Gasteiger partial charge >= 0.3 is 5.97 Å². The van der Waals surface area contributed by atoms with E-state index in [-0.39, 0.29) is 10.6 Å². The van der Waals surface area contributed by atoms with Crippen molar-refractivity contribution in [1.82, 2.24) is 5.43 Å². The highest BCUT2D eigenvalue weighted by Gasteiger charge is 2.13. The highest BCUT2D eigenvalue weighted by atomic mass is 35.5. The van der Waals surface area contributed by atoms with E-state index >= 15 is 0 Å². The molecule has 0 aromatic heterocycles. The van der Waals surface area contributed by atoms with E-state index in [2.05, 4.69) is 15.8 Å². The van der Waals surface area contributed by atoms with Crippen LogP contribution in [0.1, 0.15) is 15.9 Å². The second-order valence-corrected chi connectivity index (χ2v) is 7.61. The molecule has 0 saturated carbocycles. The van der Waals surface area contributed by atoms with Gasteiger partial charge in [-0.25, -0.2) is 4.79 Å². The van der Waals surface area contributed by atoms with Crippen LogP contribution in [-0.2, 0) is 0 Å². The number of nitrogens with zero attached hydrogens (tertiary/aromatic N) is 1. The number of nitrogens with one attached hydrogen (secondary N) is 2. The standard InChI is InChI=1S/C21H14Cl3N3O2S/c22-14-2-1-3-16(10-14)26-21(30)27-25-12-13-4-7-17(8-5-13)29-20(28)18-9-6-15(23)11-19(18)24/h1-12H,(H2,26,27,30). The number of ether oxygens (including phenoxy) is 1. The molecular weight excluding hydrogens is 465 g/mol. The summed E-state index contributed by atoms with van der Waals surface area (Å²) in [6.07, 6.45) is 1.58. The fourth-order valence-electron chi connectivity index (χ4n) is 2.33. The van der Waals surface area contributed by atoms with Gasteiger partial charge in [0.1, 0.15) is 5.75 Å².